The first kappa shape index (κ1) is 12.6. The molecule has 0 spiro atoms. The van der Waals surface area contributed by atoms with E-state index in [1.165, 1.54) is 24.0 Å². The molecule has 3 unspecified atom stereocenters. The Balaban J connectivity index is 2.04. The Kier molecular flexibility index (Phi) is 4.19. The standard InChI is InChI=1S/C15H23NO/c1-11-5-3-4-6-15(11)13(10-16)9-14-8-7-12(2)17-14/h3-6,12-14H,7-10,16H2,1-2H3. The smallest absolute Gasteiger partial charge is 0.0586 e. The van der Waals surface area contributed by atoms with E-state index in [9.17, 15) is 0 Å². The third-order valence-corrected chi connectivity index (χ3v) is 3.78. The van der Waals surface area contributed by atoms with Crippen molar-refractivity contribution in [1.82, 2.24) is 0 Å². The van der Waals surface area contributed by atoms with E-state index in [2.05, 4.69) is 38.1 Å². The van der Waals surface area contributed by atoms with Crippen LogP contribution in [0.5, 0.6) is 0 Å². The molecule has 0 aromatic heterocycles. The largest absolute Gasteiger partial charge is 0.375 e. The van der Waals surface area contributed by atoms with Crippen molar-refractivity contribution in [2.24, 2.45) is 5.73 Å². The average Bonchev–Trinajstić information content (AvgIpc) is 2.73. The predicted molar refractivity (Wildman–Crippen MR) is 71.2 cm³/mol. The number of ether oxygens (including phenoxy) is 1. The highest BCUT2D eigenvalue weighted by Crippen LogP contribution is 2.30. The van der Waals surface area contributed by atoms with Gasteiger partial charge in [-0.15, -0.1) is 0 Å². The third-order valence-electron chi connectivity index (χ3n) is 3.78. The first-order valence-corrected chi connectivity index (χ1v) is 6.61. The molecule has 1 fully saturated rings. The SMILES string of the molecule is Cc1ccccc1C(CN)CC1CCC(C)O1. The minimum atomic E-state index is 0.401. The number of hydrogen-bond acceptors (Lipinski definition) is 2. The zero-order chi connectivity index (χ0) is 12.3. The predicted octanol–water partition coefficient (Wildman–Crippen LogP) is 2.99. The summed E-state index contributed by atoms with van der Waals surface area (Å²) in [6.07, 6.45) is 4.26. The van der Waals surface area contributed by atoms with Crippen molar-refractivity contribution in [2.45, 2.75) is 51.2 Å². The molecule has 0 aliphatic carbocycles. The minimum Gasteiger partial charge on any atom is -0.375 e. The van der Waals surface area contributed by atoms with Crippen LogP contribution in [-0.2, 0) is 4.74 Å². The monoisotopic (exact) mass is 233 g/mol. The minimum absolute atomic E-state index is 0.401. The number of benzene rings is 1. The van der Waals surface area contributed by atoms with Gasteiger partial charge in [0.05, 0.1) is 12.2 Å². The van der Waals surface area contributed by atoms with E-state index < -0.39 is 0 Å². The molecule has 17 heavy (non-hydrogen) atoms. The summed E-state index contributed by atoms with van der Waals surface area (Å²) in [6, 6.07) is 8.55. The fourth-order valence-electron chi connectivity index (χ4n) is 2.77. The van der Waals surface area contributed by atoms with E-state index in [1.807, 2.05) is 0 Å². The van der Waals surface area contributed by atoms with Gasteiger partial charge in [-0.3, -0.25) is 0 Å². The van der Waals surface area contributed by atoms with Gasteiger partial charge in [0.25, 0.3) is 0 Å². The molecule has 0 bridgehead atoms. The lowest BCUT2D eigenvalue weighted by atomic mass is 9.89. The molecule has 1 aromatic rings. The summed E-state index contributed by atoms with van der Waals surface area (Å²) in [4.78, 5) is 0. The van der Waals surface area contributed by atoms with Crippen LogP contribution in [0.2, 0.25) is 0 Å². The number of nitrogens with two attached hydrogens (primary N) is 1. The van der Waals surface area contributed by atoms with E-state index in [4.69, 9.17) is 10.5 Å². The second-order valence-electron chi connectivity index (χ2n) is 5.17. The summed E-state index contributed by atoms with van der Waals surface area (Å²) in [5.41, 5.74) is 8.66. The molecule has 1 aliphatic heterocycles. The van der Waals surface area contributed by atoms with Crippen LogP contribution in [0.25, 0.3) is 0 Å². The maximum absolute atomic E-state index is 5.93. The summed E-state index contributed by atoms with van der Waals surface area (Å²) < 4.78 is 5.90. The summed E-state index contributed by atoms with van der Waals surface area (Å²) in [6.45, 7) is 5.03. The van der Waals surface area contributed by atoms with Crippen LogP contribution in [0.15, 0.2) is 24.3 Å². The third kappa shape index (κ3) is 3.08. The topological polar surface area (TPSA) is 35.2 Å². The van der Waals surface area contributed by atoms with Crippen molar-refractivity contribution < 1.29 is 4.74 Å². The molecular formula is C15H23NO. The molecule has 94 valence electrons. The van der Waals surface area contributed by atoms with E-state index in [0.29, 0.717) is 24.7 Å². The molecule has 2 heteroatoms. The summed E-state index contributed by atoms with van der Waals surface area (Å²) in [5.74, 6) is 0.437. The first-order valence-electron chi connectivity index (χ1n) is 6.61. The van der Waals surface area contributed by atoms with Gasteiger partial charge < -0.3 is 10.5 Å². The van der Waals surface area contributed by atoms with Gasteiger partial charge in [-0.2, -0.15) is 0 Å². The van der Waals surface area contributed by atoms with Gasteiger partial charge in [0.2, 0.25) is 0 Å². The van der Waals surface area contributed by atoms with Crippen LogP contribution < -0.4 is 5.73 Å². The van der Waals surface area contributed by atoms with Crippen LogP contribution in [0, 0.1) is 6.92 Å². The van der Waals surface area contributed by atoms with Gasteiger partial charge in [0.15, 0.2) is 0 Å². The van der Waals surface area contributed by atoms with Crippen LogP contribution in [0.1, 0.15) is 43.2 Å². The Labute approximate surface area is 104 Å². The maximum Gasteiger partial charge on any atom is 0.0586 e. The number of aryl methyl sites for hydroxylation is 1. The molecular weight excluding hydrogens is 210 g/mol. The number of rotatable bonds is 4. The molecule has 0 radical (unpaired) electrons. The molecule has 0 saturated carbocycles. The Morgan fingerprint density at radius 1 is 1.35 bits per heavy atom. The first-order chi connectivity index (χ1) is 8.20. The second kappa shape index (κ2) is 5.65. The quantitative estimate of drug-likeness (QED) is 0.867. The normalized spacial score (nSPS) is 26.1. The van der Waals surface area contributed by atoms with Crippen LogP contribution in [-0.4, -0.2) is 18.8 Å². The molecule has 0 amide bonds. The average molecular weight is 233 g/mol. The van der Waals surface area contributed by atoms with E-state index in [0.717, 1.165) is 6.42 Å². The van der Waals surface area contributed by atoms with Crippen molar-refractivity contribution in [2.75, 3.05) is 6.54 Å². The van der Waals surface area contributed by atoms with Gasteiger partial charge in [-0.05, 0) is 56.7 Å². The highest BCUT2D eigenvalue weighted by atomic mass is 16.5. The molecule has 1 heterocycles. The lowest BCUT2D eigenvalue weighted by Crippen LogP contribution is -2.20. The fourth-order valence-corrected chi connectivity index (χ4v) is 2.77. The van der Waals surface area contributed by atoms with Gasteiger partial charge in [0, 0.05) is 0 Å². The molecule has 2 nitrogen and oxygen atoms in total. The Bertz CT molecular complexity index is 364. The van der Waals surface area contributed by atoms with E-state index >= 15 is 0 Å². The van der Waals surface area contributed by atoms with Crippen LogP contribution in [0.4, 0.5) is 0 Å². The summed E-state index contributed by atoms with van der Waals surface area (Å²) in [5, 5.41) is 0. The maximum atomic E-state index is 5.93. The van der Waals surface area contributed by atoms with Crippen molar-refractivity contribution in [1.29, 1.82) is 0 Å². The lowest BCUT2D eigenvalue weighted by molar-refractivity contribution is 0.0470. The Hall–Kier alpha value is -0.860. The van der Waals surface area contributed by atoms with Gasteiger partial charge >= 0.3 is 0 Å². The zero-order valence-corrected chi connectivity index (χ0v) is 10.9. The zero-order valence-electron chi connectivity index (χ0n) is 10.9. The summed E-state index contributed by atoms with van der Waals surface area (Å²) in [7, 11) is 0. The van der Waals surface area contributed by atoms with Crippen LogP contribution >= 0.6 is 0 Å². The lowest BCUT2D eigenvalue weighted by Gasteiger charge is -2.21. The molecule has 1 aliphatic rings. The second-order valence-corrected chi connectivity index (χ2v) is 5.17. The van der Waals surface area contributed by atoms with Crippen LogP contribution in [0.3, 0.4) is 0 Å². The molecule has 3 atom stereocenters. The van der Waals surface area contributed by atoms with Crippen molar-refractivity contribution in [3.8, 4) is 0 Å². The fraction of sp³-hybridized carbons (Fsp3) is 0.600. The van der Waals surface area contributed by atoms with E-state index in [1.54, 1.807) is 0 Å². The van der Waals surface area contributed by atoms with Gasteiger partial charge in [0.1, 0.15) is 0 Å². The molecule has 1 aromatic carbocycles. The van der Waals surface area contributed by atoms with Gasteiger partial charge in [-0.25, -0.2) is 0 Å². The van der Waals surface area contributed by atoms with Crippen molar-refractivity contribution in [3.63, 3.8) is 0 Å². The molecule has 1 saturated heterocycles. The van der Waals surface area contributed by atoms with Crippen molar-refractivity contribution in [3.05, 3.63) is 35.4 Å². The highest BCUT2D eigenvalue weighted by Gasteiger charge is 2.25. The van der Waals surface area contributed by atoms with Gasteiger partial charge in [-0.1, -0.05) is 24.3 Å². The molecule has 2 N–H and O–H groups in total. The highest BCUT2D eigenvalue weighted by molar-refractivity contribution is 5.29. The number of hydrogen-bond donors (Lipinski definition) is 1. The van der Waals surface area contributed by atoms with Crippen molar-refractivity contribution >= 4 is 0 Å². The van der Waals surface area contributed by atoms with E-state index in [-0.39, 0.29) is 0 Å². The summed E-state index contributed by atoms with van der Waals surface area (Å²) >= 11 is 0. The Morgan fingerprint density at radius 2 is 2.12 bits per heavy atom. The molecule has 2 rings (SSSR count). The Morgan fingerprint density at radius 3 is 2.71 bits per heavy atom.